The molecule has 0 aromatic rings. The first-order chi connectivity index (χ1) is 7.27. The zero-order chi connectivity index (χ0) is 10.7. The highest BCUT2D eigenvalue weighted by Crippen LogP contribution is 2.15. The molecule has 15 heavy (non-hydrogen) atoms. The number of nitrogens with zero attached hydrogens (tertiary/aromatic N) is 1. The van der Waals surface area contributed by atoms with Gasteiger partial charge in [-0.1, -0.05) is 0 Å². The number of carboxylic acids is 1. The molecular weight excluding hydrogens is 196 g/mol. The summed E-state index contributed by atoms with van der Waals surface area (Å²) in [7, 11) is 0. The van der Waals surface area contributed by atoms with Crippen LogP contribution in [0.15, 0.2) is 0 Å². The SMILES string of the molecule is O=C(O)C1CN(C2CCOCC2)CCN1. The van der Waals surface area contributed by atoms with Crippen LogP contribution in [-0.4, -0.2) is 60.9 Å². The van der Waals surface area contributed by atoms with Gasteiger partial charge >= 0.3 is 5.97 Å². The van der Waals surface area contributed by atoms with Gasteiger partial charge in [0.05, 0.1) is 0 Å². The van der Waals surface area contributed by atoms with Gasteiger partial charge in [0.1, 0.15) is 6.04 Å². The number of rotatable bonds is 2. The molecule has 0 amide bonds. The third-order valence-electron chi connectivity index (χ3n) is 3.21. The zero-order valence-electron chi connectivity index (χ0n) is 8.82. The minimum absolute atomic E-state index is 0.401. The highest BCUT2D eigenvalue weighted by molar-refractivity contribution is 5.73. The second-order valence-electron chi connectivity index (χ2n) is 4.18. The predicted molar refractivity (Wildman–Crippen MR) is 54.8 cm³/mol. The standard InChI is InChI=1S/C10H18N2O3/c13-10(14)9-7-12(4-3-11-9)8-1-5-15-6-2-8/h8-9,11H,1-7H2,(H,13,14). The van der Waals surface area contributed by atoms with Crippen molar-refractivity contribution < 1.29 is 14.6 Å². The number of nitrogens with one attached hydrogen (secondary N) is 1. The van der Waals surface area contributed by atoms with Crippen LogP contribution in [-0.2, 0) is 9.53 Å². The van der Waals surface area contributed by atoms with Crippen LogP contribution in [0.2, 0.25) is 0 Å². The molecule has 86 valence electrons. The Hall–Kier alpha value is -0.650. The second-order valence-corrected chi connectivity index (χ2v) is 4.18. The van der Waals surface area contributed by atoms with Crippen molar-refractivity contribution >= 4 is 5.97 Å². The summed E-state index contributed by atoms with van der Waals surface area (Å²) in [5.41, 5.74) is 0. The number of ether oxygens (including phenoxy) is 1. The van der Waals surface area contributed by atoms with Gasteiger partial charge in [0.15, 0.2) is 0 Å². The lowest BCUT2D eigenvalue weighted by molar-refractivity contribution is -0.141. The number of aliphatic carboxylic acids is 1. The molecule has 5 heteroatoms. The van der Waals surface area contributed by atoms with Gasteiger partial charge in [-0.25, -0.2) is 0 Å². The predicted octanol–water partition coefficient (Wildman–Crippen LogP) is -0.476. The monoisotopic (exact) mass is 214 g/mol. The summed E-state index contributed by atoms with van der Waals surface area (Å²) in [6, 6.07) is 0.115. The normalized spacial score (nSPS) is 30.3. The van der Waals surface area contributed by atoms with Gasteiger partial charge in [-0.3, -0.25) is 9.69 Å². The van der Waals surface area contributed by atoms with Crippen molar-refractivity contribution in [2.24, 2.45) is 0 Å². The summed E-state index contributed by atoms with van der Waals surface area (Å²) >= 11 is 0. The number of carboxylic acid groups (broad SMARTS) is 1. The number of carbonyl (C=O) groups is 1. The maximum Gasteiger partial charge on any atom is 0.322 e. The fourth-order valence-corrected chi connectivity index (χ4v) is 2.32. The van der Waals surface area contributed by atoms with E-state index in [9.17, 15) is 4.79 Å². The molecule has 2 aliphatic rings. The topological polar surface area (TPSA) is 61.8 Å². The number of hydrogen-bond donors (Lipinski definition) is 2. The van der Waals surface area contributed by atoms with E-state index in [-0.39, 0.29) is 0 Å². The first-order valence-corrected chi connectivity index (χ1v) is 5.55. The van der Waals surface area contributed by atoms with Crippen LogP contribution < -0.4 is 5.32 Å². The van der Waals surface area contributed by atoms with Crippen molar-refractivity contribution in [1.29, 1.82) is 0 Å². The Labute approximate surface area is 89.4 Å². The summed E-state index contributed by atoms with van der Waals surface area (Å²) in [5.74, 6) is -0.744. The molecule has 2 rings (SSSR count). The highest BCUT2D eigenvalue weighted by atomic mass is 16.5. The molecule has 0 bridgehead atoms. The van der Waals surface area contributed by atoms with Crippen molar-refractivity contribution in [3.63, 3.8) is 0 Å². The van der Waals surface area contributed by atoms with Gasteiger partial charge < -0.3 is 15.2 Å². The Morgan fingerprint density at radius 3 is 2.80 bits per heavy atom. The summed E-state index contributed by atoms with van der Waals surface area (Å²) in [6.45, 7) is 3.97. The molecule has 0 radical (unpaired) electrons. The quantitative estimate of drug-likeness (QED) is 0.650. The average Bonchev–Trinajstić information content (AvgIpc) is 2.30. The van der Waals surface area contributed by atoms with Gasteiger partial charge in [0.25, 0.3) is 0 Å². The molecule has 2 N–H and O–H groups in total. The number of hydrogen-bond acceptors (Lipinski definition) is 4. The van der Waals surface area contributed by atoms with E-state index in [1.54, 1.807) is 0 Å². The zero-order valence-corrected chi connectivity index (χ0v) is 8.82. The Bertz CT molecular complexity index is 229. The minimum atomic E-state index is -0.744. The van der Waals surface area contributed by atoms with Crippen molar-refractivity contribution in [2.45, 2.75) is 24.9 Å². The smallest absolute Gasteiger partial charge is 0.322 e. The Kier molecular flexibility index (Phi) is 3.56. The Balaban J connectivity index is 1.88. The van der Waals surface area contributed by atoms with E-state index in [1.807, 2.05) is 0 Å². The molecule has 0 spiro atoms. The van der Waals surface area contributed by atoms with E-state index < -0.39 is 12.0 Å². The molecular formula is C10H18N2O3. The molecule has 2 saturated heterocycles. The van der Waals surface area contributed by atoms with Gasteiger partial charge in [-0.05, 0) is 12.8 Å². The van der Waals surface area contributed by atoms with Crippen LogP contribution in [0.5, 0.6) is 0 Å². The fraction of sp³-hybridized carbons (Fsp3) is 0.900. The van der Waals surface area contributed by atoms with Crippen LogP contribution in [0.25, 0.3) is 0 Å². The van der Waals surface area contributed by atoms with E-state index in [1.165, 1.54) is 0 Å². The first kappa shape index (κ1) is 10.9. The lowest BCUT2D eigenvalue weighted by atomic mass is 10.0. The Morgan fingerprint density at radius 1 is 1.40 bits per heavy atom. The van der Waals surface area contributed by atoms with E-state index in [0.717, 1.165) is 39.1 Å². The largest absolute Gasteiger partial charge is 0.480 e. The maximum absolute atomic E-state index is 10.9. The van der Waals surface area contributed by atoms with Gasteiger partial charge in [-0.15, -0.1) is 0 Å². The van der Waals surface area contributed by atoms with Crippen LogP contribution in [0.4, 0.5) is 0 Å². The van der Waals surface area contributed by atoms with Gasteiger partial charge in [-0.2, -0.15) is 0 Å². The van der Waals surface area contributed by atoms with Crippen LogP contribution in [0.3, 0.4) is 0 Å². The van der Waals surface area contributed by atoms with Crippen molar-refractivity contribution in [2.75, 3.05) is 32.8 Å². The van der Waals surface area contributed by atoms with Crippen LogP contribution in [0.1, 0.15) is 12.8 Å². The third kappa shape index (κ3) is 2.68. The molecule has 1 unspecified atom stereocenters. The van der Waals surface area contributed by atoms with Gasteiger partial charge in [0, 0.05) is 38.9 Å². The Morgan fingerprint density at radius 2 is 2.13 bits per heavy atom. The molecule has 0 saturated carbocycles. The summed E-state index contributed by atoms with van der Waals surface area (Å²) in [6.07, 6.45) is 2.07. The maximum atomic E-state index is 10.9. The van der Waals surface area contributed by atoms with E-state index >= 15 is 0 Å². The first-order valence-electron chi connectivity index (χ1n) is 5.55. The molecule has 0 aromatic carbocycles. The summed E-state index contributed by atoms with van der Waals surface area (Å²) in [4.78, 5) is 13.2. The highest BCUT2D eigenvalue weighted by Gasteiger charge is 2.29. The number of piperazine rings is 1. The van der Waals surface area contributed by atoms with Gasteiger partial charge in [0.2, 0.25) is 0 Å². The van der Waals surface area contributed by atoms with Crippen molar-refractivity contribution in [3.05, 3.63) is 0 Å². The molecule has 0 aliphatic carbocycles. The molecule has 0 aromatic heterocycles. The molecule has 5 nitrogen and oxygen atoms in total. The minimum Gasteiger partial charge on any atom is -0.480 e. The average molecular weight is 214 g/mol. The molecule has 2 heterocycles. The van der Waals surface area contributed by atoms with Crippen molar-refractivity contribution in [1.82, 2.24) is 10.2 Å². The van der Waals surface area contributed by atoms with E-state index in [4.69, 9.17) is 9.84 Å². The van der Waals surface area contributed by atoms with Crippen LogP contribution in [0, 0.1) is 0 Å². The molecule has 2 fully saturated rings. The fourth-order valence-electron chi connectivity index (χ4n) is 2.32. The van der Waals surface area contributed by atoms with Crippen molar-refractivity contribution in [3.8, 4) is 0 Å². The summed E-state index contributed by atoms with van der Waals surface area (Å²) < 4.78 is 5.31. The van der Waals surface area contributed by atoms with Crippen LogP contribution >= 0.6 is 0 Å². The summed E-state index contributed by atoms with van der Waals surface area (Å²) in [5, 5.41) is 12.0. The van der Waals surface area contributed by atoms with E-state index in [0.29, 0.717) is 12.6 Å². The molecule has 2 aliphatic heterocycles. The second kappa shape index (κ2) is 4.92. The molecule has 1 atom stereocenters. The third-order valence-corrected chi connectivity index (χ3v) is 3.21. The lowest BCUT2D eigenvalue weighted by Crippen LogP contribution is -2.57. The lowest BCUT2D eigenvalue weighted by Gasteiger charge is -2.39. The van der Waals surface area contributed by atoms with E-state index in [2.05, 4.69) is 10.2 Å².